The number of hydrogen-bond donors (Lipinski definition) is 3. The Kier molecular flexibility index (Phi) is 9.51. The largest absolute Gasteiger partial charge is 0.594 e. The van der Waals surface area contributed by atoms with Gasteiger partial charge in [-0.1, -0.05) is 23.1 Å². The van der Waals surface area contributed by atoms with Gasteiger partial charge in [-0.2, -0.15) is 35.5 Å². The normalized spacial score (nSPS) is 13.0. The molecule has 0 spiro atoms. The van der Waals surface area contributed by atoms with Crippen LogP contribution in [0, 0.1) is 15.3 Å². The molecular formula is C26H19N5O12S3. The lowest BCUT2D eigenvalue weighted by atomic mass is 10.1. The van der Waals surface area contributed by atoms with Gasteiger partial charge in [-0.05, 0) is 65.7 Å². The number of nitrogens with zero attached hydrogens (tertiary/aromatic N) is 5. The fourth-order valence-electron chi connectivity index (χ4n) is 3.73. The van der Waals surface area contributed by atoms with Crippen molar-refractivity contribution in [2.75, 3.05) is 0 Å². The Morgan fingerprint density at radius 2 is 1.00 bits per heavy atom. The van der Waals surface area contributed by atoms with Gasteiger partial charge in [0.1, 0.15) is 15.5 Å². The van der Waals surface area contributed by atoms with Crippen molar-refractivity contribution in [3.63, 3.8) is 0 Å². The van der Waals surface area contributed by atoms with Crippen molar-refractivity contribution in [2.24, 2.45) is 15.3 Å². The highest BCUT2D eigenvalue weighted by molar-refractivity contribution is 7.86. The molecule has 0 aliphatic rings. The first-order chi connectivity index (χ1) is 21.4. The van der Waals surface area contributed by atoms with Crippen LogP contribution in [0.5, 0.6) is 0 Å². The molecule has 0 heterocycles. The van der Waals surface area contributed by atoms with E-state index in [0.717, 1.165) is 48.6 Å². The van der Waals surface area contributed by atoms with E-state index >= 15 is 0 Å². The highest BCUT2D eigenvalue weighted by Gasteiger charge is 2.20. The van der Waals surface area contributed by atoms with Gasteiger partial charge < -0.3 is 5.21 Å². The predicted octanol–water partition coefficient (Wildman–Crippen LogP) is 5.85. The molecule has 0 saturated carbocycles. The minimum atomic E-state index is -4.92. The minimum Gasteiger partial charge on any atom is -0.594 e. The van der Waals surface area contributed by atoms with E-state index in [4.69, 9.17) is 4.55 Å². The second-order valence-corrected chi connectivity index (χ2v) is 13.2. The van der Waals surface area contributed by atoms with Gasteiger partial charge in [0, 0.05) is 29.4 Å². The number of nitro benzene ring substituents is 1. The molecule has 0 aliphatic heterocycles. The van der Waals surface area contributed by atoms with Crippen LogP contribution in [0.1, 0.15) is 11.1 Å². The number of benzene rings is 4. The Bertz CT molecular complexity index is 2250. The third-order valence-electron chi connectivity index (χ3n) is 5.90. The lowest BCUT2D eigenvalue weighted by molar-refractivity contribution is -0.435. The molecule has 0 aromatic heterocycles. The second kappa shape index (κ2) is 13.0. The summed E-state index contributed by atoms with van der Waals surface area (Å²) in [5.74, 6) is 0. The monoisotopic (exact) mass is 689 g/mol. The number of non-ortho nitro benzene ring substituents is 1. The quantitative estimate of drug-likeness (QED) is 0.0442. The summed E-state index contributed by atoms with van der Waals surface area (Å²) in [4.78, 5) is 8.43. The maximum absolute atomic E-state index is 12.7. The summed E-state index contributed by atoms with van der Waals surface area (Å²) in [6, 6.07) is 16.2. The van der Waals surface area contributed by atoms with Crippen molar-refractivity contribution in [2.45, 2.75) is 14.7 Å². The lowest BCUT2D eigenvalue weighted by Gasteiger charge is -2.06. The fraction of sp³-hybridized carbons (Fsp3) is 0. The molecule has 4 aromatic rings. The van der Waals surface area contributed by atoms with E-state index in [1.807, 2.05) is 0 Å². The van der Waals surface area contributed by atoms with Crippen LogP contribution >= 0.6 is 0 Å². The van der Waals surface area contributed by atoms with E-state index in [-0.39, 0.29) is 37.9 Å². The van der Waals surface area contributed by atoms with Crippen molar-refractivity contribution >= 4 is 70.9 Å². The van der Waals surface area contributed by atoms with Crippen LogP contribution < -0.4 is 0 Å². The molecule has 0 amide bonds. The van der Waals surface area contributed by atoms with E-state index in [1.165, 1.54) is 42.5 Å². The van der Waals surface area contributed by atoms with Crippen LogP contribution in [0.15, 0.2) is 115 Å². The zero-order valence-electron chi connectivity index (χ0n) is 22.7. The summed E-state index contributed by atoms with van der Waals surface area (Å²) in [6.07, 6.45) is 2.11. The Hall–Kier alpha value is -5.25. The zero-order valence-corrected chi connectivity index (χ0v) is 25.2. The third-order valence-corrected chi connectivity index (χ3v) is 8.58. The first-order valence-electron chi connectivity index (χ1n) is 12.3. The average molecular weight is 690 g/mol. The first kappa shape index (κ1) is 33.6. The molecule has 0 fully saturated rings. The molecular weight excluding hydrogens is 671 g/mol. The summed E-state index contributed by atoms with van der Waals surface area (Å²) in [5, 5.41) is 35.3. The fourth-order valence-corrected chi connectivity index (χ4v) is 5.62. The molecule has 46 heavy (non-hydrogen) atoms. The van der Waals surface area contributed by atoms with Gasteiger partial charge in [0.15, 0.2) is 0 Å². The molecule has 4 rings (SSSR count). The molecule has 0 unspecified atom stereocenters. The summed E-state index contributed by atoms with van der Waals surface area (Å²) >= 11 is 0. The van der Waals surface area contributed by atoms with Crippen LogP contribution in [0.25, 0.3) is 12.2 Å². The van der Waals surface area contributed by atoms with Gasteiger partial charge in [-0.15, -0.1) is 0 Å². The molecule has 0 aliphatic carbocycles. The van der Waals surface area contributed by atoms with E-state index in [2.05, 4.69) is 15.3 Å². The van der Waals surface area contributed by atoms with Crippen molar-refractivity contribution in [3.8, 4) is 0 Å². The molecule has 0 bridgehead atoms. The van der Waals surface area contributed by atoms with Crippen molar-refractivity contribution in [3.05, 3.63) is 111 Å². The maximum atomic E-state index is 12.7. The lowest BCUT2D eigenvalue weighted by Crippen LogP contribution is -2.03. The minimum absolute atomic E-state index is 0.00949. The Labute approximate surface area is 260 Å². The van der Waals surface area contributed by atoms with Gasteiger partial charge in [0.25, 0.3) is 36.0 Å². The maximum Gasteiger partial charge on any atom is 0.295 e. The summed E-state index contributed by atoms with van der Waals surface area (Å²) < 4.78 is 98.3. The van der Waals surface area contributed by atoms with Crippen LogP contribution in [-0.4, -0.2) is 48.7 Å². The van der Waals surface area contributed by atoms with Crippen LogP contribution in [0.2, 0.25) is 0 Å². The van der Waals surface area contributed by atoms with Gasteiger partial charge >= 0.3 is 0 Å². The summed E-state index contributed by atoms with van der Waals surface area (Å²) in [6.45, 7) is 0. The molecule has 0 radical (unpaired) electrons. The highest BCUT2D eigenvalue weighted by atomic mass is 32.2. The van der Waals surface area contributed by atoms with Crippen molar-refractivity contribution in [1.82, 2.24) is 0 Å². The highest BCUT2D eigenvalue weighted by Crippen LogP contribution is 2.29. The molecule has 4 aromatic carbocycles. The zero-order chi connectivity index (χ0) is 33.9. The van der Waals surface area contributed by atoms with Crippen LogP contribution in [-0.2, 0) is 30.4 Å². The van der Waals surface area contributed by atoms with Gasteiger partial charge in [0.2, 0.25) is 5.69 Å². The molecule has 0 saturated heterocycles. The summed E-state index contributed by atoms with van der Waals surface area (Å²) in [7, 11) is -14.2. The van der Waals surface area contributed by atoms with Gasteiger partial charge in [-0.3, -0.25) is 23.8 Å². The Morgan fingerprint density at radius 1 is 0.565 bits per heavy atom. The molecule has 20 heteroatoms. The number of hydrogen-bond acceptors (Lipinski definition) is 12. The second-order valence-electron chi connectivity index (χ2n) is 9.04. The third kappa shape index (κ3) is 8.47. The molecule has 17 nitrogen and oxygen atoms in total. The Balaban J connectivity index is 1.58. The van der Waals surface area contributed by atoms with E-state index in [1.54, 1.807) is 0 Å². The first-order valence-corrected chi connectivity index (χ1v) is 16.6. The molecule has 238 valence electrons. The van der Waals surface area contributed by atoms with Crippen molar-refractivity contribution < 1.29 is 48.7 Å². The van der Waals surface area contributed by atoms with Crippen LogP contribution in [0.3, 0.4) is 0 Å². The average Bonchev–Trinajstić information content (AvgIpc) is 2.98. The standard InChI is InChI=1S/C26H19N5O12S3/c32-30(22-11-6-19(7-12-22)27-28-20-8-13-24(14-9-20)44(35,36)37)29-21-5-3-17(25(15-21)45(38,39)40)1-2-18-4-10-23(31(33)34)16-26(18)46(41,42)43/h1-16H,(H,35,36,37)(H,38,39,40)(H,41,42,43). The van der Waals surface area contributed by atoms with E-state index in [9.17, 15) is 49.7 Å². The van der Waals surface area contributed by atoms with Gasteiger partial charge in [0.05, 0.1) is 21.2 Å². The molecule has 0 atom stereocenters. The number of rotatable bonds is 10. The topological polar surface area (TPSA) is 269 Å². The van der Waals surface area contributed by atoms with Gasteiger partial charge in [-0.25, -0.2) is 0 Å². The smallest absolute Gasteiger partial charge is 0.295 e. The van der Waals surface area contributed by atoms with E-state index < -0.39 is 50.8 Å². The predicted molar refractivity (Wildman–Crippen MR) is 160 cm³/mol. The van der Waals surface area contributed by atoms with E-state index in [0.29, 0.717) is 11.8 Å². The SMILES string of the molecule is O=[N+]([O-])c1ccc(C=Cc2ccc(N=[N+]([O-])c3ccc(N=Nc4ccc(S(=O)(=O)O)cc4)cc3)cc2S(=O)(=O)O)c(S(=O)(=O)O)c1. The number of nitro groups is 1. The summed E-state index contributed by atoms with van der Waals surface area (Å²) in [5.41, 5.74) is -0.673. The van der Waals surface area contributed by atoms with Crippen molar-refractivity contribution in [1.29, 1.82) is 0 Å². The Morgan fingerprint density at radius 3 is 1.48 bits per heavy atom. The van der Waals surface area contributed by atoms with Crippen LogP contribution in [0.4, 0.5) is 28.4 Å². The number of azo groups is 2. The molecule has 3 N–H and O–H groups in total.